The van der Waals surface area contributed by atoms with E-state index in [-0.39, 0.29) is 18.5 Å². The van der Waals surface area contributed by atoms with Gasteiger partial charge in [0.05, 0.1) is 25.4 Å². The monoisotopic (exact) mass is 1040 g/mol. The molecule has 2 unspecified atom stereocenters. The van der Waals surface area contributed by atoms with E-state index < -0.39 is 12.1 Å². The van der Waals surface area contributed by atoms with Crippen LogP contribution >= 0.6 is 0 Å². The highest BCUT2D eigenvalue weighted by Crippen LogP contribution is 2.18. The van der Waals surface area contributed by atoms with Gasteiger partial charge in [-0.15, -0.1) is 0 Å². The van der Waals surface area contributed by atoms with Crippen LogP contribution in [0.4, 0.5) is 0 Å². The lowest BCUT2D eigenvalue weighted by atomic mass is 10.0. The van der Waals surface area contributed by atoms with Crippen LogP contribution in [0.25, 0.3) is 0 Å². The Bertz CT molecular complexity index is 1200. The summed E-state index contributed by atoms with van der Waals surface area (Å²) in [5, 5.41) is 23.1. The number of ether oxygens (including phenoxy) is 1. The highest BCUT2D eigenvalue weighted by atomic mass is 16.5. The van der Waals surface area contributed by atoms with Crippen LogP contribution < -0.4 is 5.32 Å². The topological polar surface area (TPSA) is 95.9 Å². The van der Waals surface area contributed by atoms with Crippen LogP contribution in [0, 0.1) is 0 Å². The third-order valence-electron chi connectivity index (χ3n) is 15.4. The number of rotatable bonds is 62. The van der Waals surface area contributed by atoms with E-state index in [2.05, 4.69) is 43.5 Å². The maximum atomic E-state index is 12.4. The molecule has 0 aromatic heterocycles. The second kappa shape index (κ2) is 63.6. The summed E-state index contributed by atoms with van der Waals surface area (Å²) in [5.74, 6) is -0.0584. The van der Waals surface area contributed by atoms with Gasteiger partial charge >= 0.3 is 5.97 Å². The number of esters is 1. The fraction of sp³-hybridized carbons (Fsp3) is 0.882. The number of amides is 1. The molecule has 6 nitrogen and oxygen atoms in total. The first-order chi connectivity index (χ1) is 36.5. The predicted molar refractivity (Wildman–Crippen MR) is 324 cm³/mol. The fourth-order valence-corrected chi connectivity index (χ4v) is 10.3. The number of carbonyl (C=O) groups excluding carboxylic acids is 2. The summed E-state index contributed by atoms with van der Waals surface area (Å²) in [5.41, 5.74) is 0. The summed E-state index contributed by atoms with van der Waals surface area (Å²) in [6, 6.07) is -0.624. The van der Waals surface area contributed by atoms with Gasteiger partial charge in [-0.1, -0.05) is 320 Å². The molecule has 0 aromatic carbocycles. The van der Waals surface area contributed by atoms with Gasteiger partial charge in [0.15, 0.2) is 0 Å². The molecule has 3 N–H and O–H groups in total. The molecule has 0 saturated heterocycles. The van der Waals surface area contributed by atoms with Crippen molar-refractivity contribution in [1.82, 2.24) is 5.32 Å². The Morgan fingerprint density at radius 2 is 0.676 bits per heavy atom. The first-order valence-electron chi connectivity index (χ1n) is 33.3. The highest BCUT2D eigenvalue weighted by molar-refractivity contribution is 5.76. The van der Waals surface area contributed by atoms with Gasteiger partial charge in [0, 0.05) is 12.8 Å². The fourth-order valence-electron chi connectivity index (χ4n) is 10.3. The zero-order valence-electron chi connectivity index (χ0n) is 49.8. The third kappa shape index (κ3) is 59.3. The summed E-state index contributed by atoms with van der Waals surface area (Å²) in [6.07, 6.45) is 80.7. The van der Waals surface area contributed by atoms with Gasteiger partial charge in [-0.25, -0.2) is 0 Å². The Balaban J connectivity index is 3.34. The van der Waals surface area contributed by atoms with Crippen LogP contribution in [-0.2, 0) is 14.3 Å². The Morgan fingerprint density at radius 3 is 1.04 bits per heavy atom. The summed E-state index contributed by atoms with van der Waals surface area (Å²) < 4.78 is 5.49. The van der Waals surface area contributed by atoms with Gasteiger partial charge < -0.3 is 20.3 Å². The molecule has 0 spiro atoms. The molecule has 0 radical (unpaired) electrons. The van der Waals surface area contributed by atoms with Crippen LogP contribution in [0.2, 0.25) is 0 Å². The number of aliphatic hydroxyl groups excluding tert-OH is 2. The van der Waals surface area contributed by atoms with E-state index >= 15 is 0 Å². The number of allylic oxidation sites excluding steroid dienone is 5. The molecule has 74 heavy (non-hydrogen) atoms. The van der Waals surface area contributed by atoms with Crippen LogP contribution in [-0.4, -0.2) is 47.4 Å². The molecule has 1 amide bonds. The van der Waals surface area contributed by atoms with E-state index in [9.17, 15) is 19.8 Å². The number of aliphatic hydroxyl groups is 2. The van der Waals surface area contributed by atoms with Crippen molar-refractivity contribution in [2.75, 3.05) is 13.2 Å². The van der Waals surface area contributed by atoms with Crippen LogP contribution in [0.1, 0.15) is 361 Å². The molecule has 0 aliphatic heterocycles. The maximum Gasteiger partial charge on any atom is 0.305 e. The number of nitrogens with one attached hydrogen (secondary N) is 1. The quantitative estimate of drug-likeness (QED) is 0.0320. The average molecular weight is 1040 g/mol. The smallest absolute Gasteiger partial charge is 0.305 e. The van der Waals surface area contributed by atoms with E-state index in [1.165, 1.54) is 283 Å². The molecule has 0 fully saturated rings. The molecule has 0 bridgehead atoms. The molecule has 0 saturated carbocycles. The molecule has 0 rings (SSSR count). The van der Waals surface area contributed by atoms with Gasteiger partial charge in [-0.3, -0.25) is 9.59 Å². The SMILES string of the molecule is CCCCCC/C=C\C/C=C\CCCCCCCC(=O)OCCCCCCCCCCCCCCCCCCCCCCCCCCCCCCCC(=O)NC(CO)C(O)/C=C/CCCCCCCCCCCC. The minimum atomic E-state index is -0.841. The number of hydrogen-bond acceptors (Lipinski definition) is 5. The Morgan fingerprint density at radius 1 is 0.378 bits per heavy atom. The van der Waals surface area contributed by atoms with Crippen molar-refractivity contribution in [1.29, 1.82) is 0 Å². The zero-order chi connectivity index (χ0) is 53.6. The first-order valence-corrected chi connectivity index (χ1v) is 33.3. The summed E-state index contributed by atoms with van der Waals surface area (Å²) in [4.78, 5) is 24.5. The lowest BCUT2D eigenvalue weighted by Gasteiger charge is -2.20. The zero-order valence-corrected chi connectivity index (χ0v) is 49.8. The molecule has 0 heterocycles. The van der Waals surface area contributed by atoms with Gasteiger partial charge in [0.2, 0.25) is 5.91 Å². The van der Waals surface area contributed by atoms with Crippen molar-refractivity contribution in [3.05, 3.63) is 36.5 Å². The lowest BCUT2D eigenvalue weighted by molar-refractivity contribution is -0.143. The summed E-state index contributed by atoms with van der Waals surface area (Å²) in [7, 11) is 0. The molecule has 0 aliphatic rings. The number of hydrogen-bond donors (Lipinski definition) is 3. The van der Waals surface area contributed by atoms with Crippen molar-refractivity contribution < 1.29 is 24.5 Å². The average Bonchev–Trinajstić information content (AvgIpc) is 3.40. The summed E-state index contributed by atoms with van der Waals surface area (Å²) in [6.45, 7) is 4.89. The molecular weight excluding hydrogens is 911 g/mol. The first kappa shape index (κ1) is 72.1. The molecule has 6 heteroatoms. The van der Waals surface area contributed by atoms with Gasteiger partial charge in [-0.05, 0) is 64.2 Å². The van der Waals surface area contributed by atoms with Crippen molar-refractivity contribution in [3.63, 3.8) is 0 Å². The van der Waals surface area contributed by atoms with E-state index in [0.717, 1.165) is 51.4 Å². The van der Waals surface area contributed by atoms with Gasteiger partial charge in [-0.2, -0.15) is 0 Å². The van der Waals surface area contributed by atoms with Crippen molar-refractivity contribution in [3.8, 4) is 0 Å². The maximum absolute atomic E-state index is 12.4. The second-order valence-corrected chi connectivity index (χ2v) is 22.8. The second-order valence-electron chi connectivity index (χ2n) is 22.8. The Labute approximate surface area is 462 Å². The molecular formula is C68H129NO5. The number of unbranched alkanes of at least 4 members (excludes halogenated alkanes) is 47. The molecule has 0 aliphatic carbocycles. The normalized spacial score (nSPS) is 12.8. The minimum absolute atomic E-state index is 0.00573. The number of carbonyl (C=O) groups is 2. The molecule has 2 atom stereocenters. The van der Waals surface area contributed by atoms with Gasteiger partial charge in [0.25, 0.3) is 0 Å². The van der Waals surface area contributed by atoms with Crippen LogP contribution in [0.15, 0.2) is 36.5 Å². The minimum Gasteiger partial charge on any atom is -0.466 e. The highest BCUT2D eigenvalue weighted by Gasteiger charge is 2.18. The van der Waals surface area contributed by atoms with Gasteiger partial charge in [0.1, 0.15) is 0 Å². The standard InChI is InChI=1S/C68H129NO5/c1-3-5-7-9-11-13-15-17-18-35-38-42-46-50-54-58-62-68(73)74-63-59-55-51-47-43-39-36-33-31-29-27-25-23-21-19-20-22-24-26-28-30-32-34-37-41-45-49-53-57-61-67(72)69-65(64-70)66(71)60-56-52-48-44-40-16-14-12-10-8-6-4-2/h13,15,18,35,56,60,65-66,70-71H,3-12,14,16-17,19-34,36-55,57-59,61-64H2,1-2H3,(H,69,72)/b15-13-,35-18-,60-56+. The van der Waals surface area contributed by atoms with E-state index in [0.29, 0.717) is 19.4 Å². The Kier molecular flexibility index (Phi) is 62.0. The van der Waals surface area contributed by atoms with Crippen molar-refractivity contribution in [2.45, 2.75) is 373 Å². The van der Waals surface area contributed by atoms with E-state index in [1.54, 1.807) is 6.08 Å². The lowest BCUT2D eigenvalue weighted by Crippen LogP contribution is -2.45. The third-order valence-corrected chi connectivity index (χ3v) is 15.4. The van der Waals surface area contributed by atoms with E-state index in [4.69, 9.17) is 4.74 Å². The van der Waals surface area contributed by atoms with Crippen molar-refractivity contribution >= 4 is 11.9 Å². The largest absolute Gasteiger partial charge is 0.466 e. The van der Waals surface area contributed by atoms with Crippen molar-refractivity contribution in [2.24, 2.45) is 0 Å². The predicted octanol–water partition coefficient (Wildman–Crippen LogP) is 21.1. The van der Waals surface area contributed by atoms with Crippen LogP contribution in [0.3, 0.4) is 0 Å². The summed E-state index contributed by atoms with van der Waals surface area (Å²) >= 11 is 0. The van der Waals surface area contributed by atoms with Crippen LogP contribution in [0.5, 0.6) is 0 Å². The molecule has 436 valence electrons. The molecule has 0 aromatic rings. The Hall–Kier alpha value is -1.92. The van der Waals surface area contributed by atoms with E-state index in [1.807, 2.05) is 6.08 Å².